The lowest BCUT2D eigenvalue weighted by Gasteiger charge is -2.19. The highest BCUT2D eigenvalue weighted by molar-refractivity contribution is 6.12. The number of nitrogens with zero attached hydrogens (tertiary/aromatic N) is 9. The van der Waals surface area contributed by atoms with Gasteiger partial charge in [-0.05, 0) is 106 Å². The lowest BCUT2D eigenvalue weighted by Crippen LogP contribution is -2.11. The van der Waals surface area contributed by atoms with Gasteiger partial charge in [-0.2, -0.15) is 26.3 Å². The van der Waals surface area contributed by atoms with E-state index in [2.05, 4.69) is 29.9 Å². The van der Waals surface area contributed by atoms with Gasteiger partial charge >= 0.3 is 12.4 Å². The Kier molecular flexibility index (Phi) is 8.73. The predicted molar refractivity (Wildman–Crippen MR) is 225 cm³/mol. The average molecular weight is 836 g/mol. The highest BCUT2D eigenvalue weighted by Crippen LogP contribution is 2.43. The van der Waals surface area contributed by atoms with Gasteiger partial charge in [0, 0.05) is 38.2 Å². The molecule has 5 aromatic carbocycles. The third-order valence-electron chi connectivity index (χ3n) is 10.8. The molecule has 0 bridgehead atoms. The summed E-state index contributed by atoms with van der Waals surface area (Å²) >= 11 is 0. The molecule has 62 heavy (non-hydrogen) atoms. The van der Waals surface area contributed by atoms with E-state index in [1.54, 1.807) is 33.8 Å². The molecule has 0 atom stereocenters. The van der Waals surface area contributed by atoms with Crippen molar-refractivity contribution in [1.82, 2.24) is 44.0 Å². The van der Waals surface area contributed by atoms with Gasteiger partial charge in [0.1, 0.15) is 29.1 Å². The van der Waals surface area contributed by atoms with Crippen molar-refractivity contribution >= 4 is 43.6 Å². The number of aromatic nitrogens is 9. The van der Waals surface area contributed by atoms with Crippen LogP contribution in [0.25, 0.3) is 89.0 Å². The molecule has 0 saturated heterocycles. The van der Waals surface area contributed by atoms with Crippen molar-refractivity contribution in [2.24, 2.45) is 0 Å². The highest BCUT2D eigenvalue weighted by atomic mass is 19.4. The Labute approximate surface area is 348 Å². The standard InChI is InChI=1S/C47H31F6N9/c1-24-55-25(2)58-44(57-24)28-13-15-40-36(19-28)33-9-5-7-11-38(33)61(40)42-23-54-43(22-35(42)30-17-31(46(48,49)50)21-32(18-30)47(51,52)53)62-39-12-8-6-10-34(39)37-20-29(14-16-41(37)62)45-59-26(3)56-27(4)60-45/h5-23H,1-4H3. The molecule has 0 aliphatic rings. The Hall–Kier alpha value is -7.55. The van der Waals surface area contributed by atoms with E-state index in [0.29, 0.717) is 62.6 Å². The number of halogens is 6. The molecule has 5 heterocycles. The molecule has 0 spiro atoms. The van der Waals surface area contributed by atoms with E-state index in [1.807, 2.05) is 94.1 Å². The zero-order chi connectivity index (χ0) is 43.2. The van der Waals surface area contributed by atoms with Crippen LogP contribution in [0, 0.1) is 27.7 Å². The number of hydrogen-bond acceptors (Lipinski definition) is 7. The predicted octanol–water partition coefficient (Wildman–Crippen LogP) is 11.9. The van der Waals surface area contributed by atoms with Crippen LogP contribution in [0.2, 0.25) is 0 Å². The normalized spacial score (nSPS) is 12.4. The first-order chi connectivity index (χ1) is 29.6. The van der Waals surface area contributed by atoms with Crippen LogP contribution in [0.5, 0.6) is 0 Å². The van der Waals surface area contributed by atoms with Crippen molar-refractivity contribution in [3.05, 3.63) is 150 Å². The zero-order valence-electron chi connectivity index (χ0n) is 33.3. The van der Waals surface area contributed by atoms with Crippen molar-refractivity contribution in [1.29, 1.82) is 0 Å². The third-order valence-corrected chi connectivity index (χ3v) is 10.8. The van der Waals surface area contributed by atoms with Crippen LogP contribution in [0.3, 0.4) is 0 Å². The van der Waals surface area contributed by atoms with Gasteiger partial charge in [-0.3, -0.25) is 4.57 Å². The number of pyridine rings is 1. The van der Waals surface area contributed by atoms with Gasteiger partial charge in [-0.1, -0.05) is 36.4 Å². The van der Waals surface area contributed by atoms with Crippen LogP contribution in [-0.4, -0.2) is 44.0 Å². The maximum Gasteiger partial charge on any atom is 0.416 e. The minimum Gasteiger partial charge on any atom is -0.307 e. The molecule has 5 aromatic heterocycles. The van der Waals surface area contributed by atoms with E-state index in [-0.39, 0.29) is 28.7 Å². The van der Waals surface area contributed by atoms with E-state index in [1.165, 1.54) is 6.20 Å². The summed E-state index contributed by atoms with van der Waals surface area (Å²) in [5, 5.41) is 3.18. The van der Waals surface area contributed by atoms with Gasteiger partial charge in [0.15, 0.2) is 11.6 Å². The molecule has 0 amide bonds. The molecule has 0 aliphatic heterocycles. The van der Waals surface area contributed by atoms with E-state index < -0.39 is 23.5 Å². The van der Waals surface area contributed by atoms with Gasteiger partial charge in [-0.15, -0.1) is 0 Å². The summed E-state index contributed by atoms with van der Waals surface area (Å²) in [7, 11) is 0. The van der Waals surface area contributed by atoms with Crippen molar-refractivity contribution < 1.29 is 26.3 Å². The molecule has 0 saturated carbocycles. The second-order valence-electron chi connectivity index (χ2n) is 15.0. The molecule has 10 aromatic rings. The van der Waals surface area contributed by atoms with E-state index in [0.717, 1.165) is 39.2 Å². The van der Waals surface area contributed by atoms with Gasteiger partial charge in [0.2, 0.25) is 0 Å². The molecule has 0 fully saturated rings. The van der Waals surface area contributed by atoms with E-state index in [4.69, 9.17) is 4.98 Å². The van der Waals surface area contributed by atoms with Crippen LogP contribution in [0.4, 0.5) is 26.3 Å². The van der Waals surface area contributed by atoms with Crippen molar-refractivity contribution in [2.75, 3.05) is 0 Å². The Morgan fingerprint density at radius 1 is 0.419 bits per heavy atom. The Morgan fingerprint density at radius 3 is 1.34 bits per heavy atom. The maximum absolute atomic E-state index is 14.5. The van der Waals surface area contributed by atoms with Gasteiger partial charge in [0.05, 0.1) is 45.1 Å². The fourth-order valence-electron chi connectivity index (χ4n) is 8.30. The van der Waals surface area contributed by atoms with Crippen LogP contribution in [-0.2, 0) is 12.4 Å². The van der Waals surface area contributed by atoms with Crippen LogP contribution >= 0.6 is 0 Å². The zero-order valence-corrected chi connectivity index (χ0v) is 33.3. The molecule has 0 N–H and O–H groups in total. The van der Waals surface area contributed by atoms with Crippen LogP contribution in [0.15, 0.2) is 115 Å². The molecule has 9 nitrogen and oxygen atoms in total. The molecule has 0 unspecified atom stereocenters. The molecule has 0 radical (unpaired) electrons. The molecule has 306 valence electrons. The second kappa shape index (κ2) is 14.0. The highest BCUT2D eigenvalue weighted by Gasteiger charge is 2.37. The Balaban J connectivity index is 1.26. The summed E-state index contributed by atoms with van der Waals surface area (Å²) < 4.78 is 90.7. The Bertz CT molecular complexity index is 3380. The summed E-state index contributed by atoms with van der Waals surface area (Å²) in [6, 6.07) is 29.4. The monoisotopic (exact) mass is 835 g/mol. The molecule has 15 heteroatoms. The minimum atomic E-state index is -5.08. The summed E-state index contributed by atoms with van der Waals surface area (Å²) in [5.41, 5.74) is 1.29. The first kappa shape index (κ1) is 38.6. The number of fused-ring (bicyclic) bond motifs is 6. The fraction of sp³-hybridized carbons (Fsp3) is 0.128. The number of aryl methyl sites for hydroxylation is 4. The van der Waals surface area contributed by atoms with Gasteiger partial charge < -0.3 is 4.57 Å². The summed E-state index contributed by atoms with van der Waals surface area (Å²) in [6.07, 6.45) is -8.66. The molecular weight excluding hydrogens is 805 g/mol. The molecule has 0 aliphatic carbocycles. The molecule has 10 rings (SSSR count). The number of hydrogen-bond donors (Lipinski definition) is 0. The number of benzene rings is 5. The summed E-state index contributed by atoms with van der Waals surface area (Å²) in [4.78, 5) is 31.7. The minimum absolute atomic E-state index is 0.0840. The fourth-order valence-corrected chi connectivity index (χ4v) is 8.30. The maximum atomic E-state index is 14.5. The largest absolute Gasteiger partial charge is 0.416 e. The van der Waals surface area contributed by atoms with Crippen molar-refractivity contribution in [3.8, 4) is 45.4 Å². The van der Waals surface area contributed by atoms with Crippen molar-refractivity contribution in [2.45, 2.75) is 40.0 Å². The van der Waals surface area contributed by atoms with Crippen LogP contribution < -0.4 is 0 Å². The molecular formula is C47H31F6N9. The van der Waals surface area contributed by atoms with Crippen LogP contribution in [0.1, 0.15) is 34.4 Å². The second-order valence-corrected chi connectivity index (χ2v) is 15.0. The lowest BCUT2D eigenvalue weighted by atomic mass is 9.98. The summed E-state index contributed by atoms with van der Waals surface area (Å²) in [5.74, 6) is 3.42. The number of para-hydroxylation sites is 2. The topological polar surface area (TPSA) is 100 Å². The average Bonchev–Trinajstić information content (AvgIpc) is 3.74. The number of alkyl halides is 6. The number of rotatable bonds is 5. The summed E-state index contributed by atoms with van der Waals surface area (Å²) in [6.45, 7) is 7.11. The third kappa shape index (κ3) is 6.56. The Morgan fingerprint density at radius 2 is 0.855 bits per heavy atom. The first-order valence-corrected chi connectivity index (χ1v) is 19.4. The van der Waals surface area contributed by atoms with Gasteiger partial charge in [0.25, 0.3) is 0 Å². The van der Waals surface area contributed by atoms with Crippen molar-refractivity contribution in [3.63, 3.8) is 0 Å². The smallest absolute Gasteiger partial charge is 0.307 e. The lowest BCUT2D eigenvalue weighted by molar-refractivity contribution is -0.143. The SMILES string of the molecule is Cc1nc(C)nc(-c2ccc3c(c2)c2ccccc2n3-c2cc(-c3cc(C(F)(F)F)cc(C(F)(F)F)c3)c(-n3c4ccccc4c4cc(-c5nc(C)nc(C)n5)ccc43)cn2)n1. The van der Waals surface area contributed by atoms with E-state index in [9.17, 15) is 26.3 Å². The van der Waals surface area contributed by atoms with Gasteiger partial charge in [-0.25, -0.2) is 34.9 Å². The quantitative estimate of drug-likeness (QED) is 0.159. The van der Waals surface area contributed by atoms with E-state index >= 15 is 0 Å². The first-order valence-electron chi connectivity index (χ1n) is 19.4.